The average molecular weight is 252 g/mol. The van der Waals surface area contributed by atoms with Crippen molar-refractivity contribution < 1.29 is 20.1 Å². The van der Waals surface area contributed by atoms with Gasteiger partial charge in [0.15, 0.2) is 11.9 Å². The van der Waals surface area contributed by atoms with E-state index in [0.717, 1.165) is 0 Å². The first-order chi connectivity index (χ1) is 8.68. The fraction of sp³-hybridized carbons (Fsp3) is 0.500. The second kappa shape index (κ2) is 4.25. The fourth-order valence-corrected chi connectivity index (χ4v) is 2.01. The minimum absolute atomic E-state index is 0.0619. The van der Waals surface area contributed by atoms with E-state index >= 15 is 0 Å². The fourth-order valence-electron chi connectivity index (χ4n) is 2.01. The van der Waals surface area contributed by atoms with E-state index in [9.17, 15) is 15.3 Å². The summed E-state index contributed by atoms with van der Waals surface area (Å²) in [5, 5.41) is 28.9. The molecule has 0 aliphatic carbocycles. The standard InChI is InChI=1S/C10H12N4O4/c15-6-2-18-10(8(17)7(6)16)14-4-13-5-1-11-3-12-9(5)14/h1,3-4,6-8,10,15-17H,2H2/t6-,7-,8-,10-/m1/s1. The van der Waals surface area contributed by atoms with Gasteiger partial charge in [-0.25, -0.2) is 15.0 Å². The zero-order valence-corrected chi connectivity index (χ0v) is 9.29. The Labute approximate surface area is 102 Å². The van der Waals surface area contributed by atoms with E-state index in [-0.39, 0.29) is 6.61 Å². The molecule has 0 amide bonds. The zero-order valence-electron chi connectivity index (χ0n) is 9.29. The molecule has 3 heterocycles. The van der Waals surface area contributed by atoms with Gasteiger partial charge >= 0.3 is 0 Å². The van der Waals surface area contributed by atoms with Gasteiger partial charge in [-0.15, -0.1) is 0 Å². The molecule has 8 nitrogen and oxygen atoms in total. The van der Waals surface area contributed by atoms with E-state index < -0.39 is 24.5 Å². The highest BCUT2D eigenvalue weighted by molar-refractivity contribution is 5.68. The number of nitrogens with zero attached hydrogens (tertiary/aromatic N) is 4. The van der Waals surface area contributed by atoms with Crippen molar-refractivity contribution in [3.63, 3.8) is 0 Å². The maximum Gasteiger partial charge on any atom is 0.165 e. The smallest absolute Gasteiger partial charge is 0.165 e. The van der Waals surface area contributed by atoms with Gasteiger partial charge in [0, 0.05) is 0 Å². The summed E-state index contributed by atoms with van der Waals surface area (Å²) in [6.45, 7) is -0.0619. The molecule has 2 aromatic heterocycles. The van der Waals surface area contributed by atoms with Gasteiger partial charge < -0.3 is 20.1 Å². The molecule has 8 heteroatoms. The Morgan fingerprint density at radius 1 is 1.22 bits per heavy atom. The quantitative estimate of drug-likeness (QED) is 0.562. The molecular weight excluding hydrogens is 240 g/mol. The van der Waals surface area contributed by atoms with Gasteiger partial charge in [-0.3, -0.25) is 4.57 Å². The van der Waals surface area contributed by atoms with Crippen LogP contribution in [0.15, 0.2) is 18.9 Å². The summed E-state index contributed by atoms with van der Waals surface area (Å²) in [7, 11) is 0. The molecule has 4 atom stereocenters. The minimum atomic E-state index is -1.26. The Bertz CT molecular complexity index is 560. The number of aliphatic hydroxyl groups excluding tert-OH is 3. The first-order valence-corrected chi connectivity index (χ1v) is 5.47. The molecule has 0 aromatic carbocycles. The highest BCUT2D eigenvalue weighted by Gasteiger charge is 2.39. The number of fused-ring (bicyclic) bond motifs is 1. The van der Waals surface area contributed by atoms with E-state index in [1.165, 1.54) is 17.2 Å². The third-order valence-electron chi connectivity index (χ3n) is 2.99. The monoisotopic (exact) mass is 252 g/mol. The van der Waals surface area contributed by atoms with Crippen molar-refractivity contribution in [3.05, 3.63) is 18.9 Å². The Hall–Kier alpha value is -1.61. The second-order valence-corrected chi connectivity index (χ2v) is 4.16. The number of aromatic nitrogens is 4. The summed E-state index contributed by atoms with van der Waals surface area (Å²) in [5.74, 6) is 0. The summed E-state index contributed by atoms with van der Waals surface area (Å²) in [5.41, 5.74) is 1.06. The molecule has 3 rings (SSSR count). The lowest BCUT2D eigenvalue weighted by Crippen LogP contribution is -2.50. The average Bonchev–Trinajstić information content (AvgIpc) is 2.80. The lowest BCUT2D eigenvalue weighted by Gasteiger charge is -2.35. The van der Waals surface area contributed by atoms with Crippen molar-refractivity contribution in [1.29, 1.82) is 0 Å². The lowest BCUT2D eigenvalue weighted by molar-refractivity contribution is -0.210. The molecule has 18 heavy (non-hydrogen) atoms. The lowest BCUT2D eigenvalue weighted by atomic mass is 10.0. The zero-order chi connectivity index (χ0) is 12.7. The molecule has 1 aliphatic rings. The number of hydrogen-bond donors (Lipinski definition) is 3. The summed E-state index contributed by atoms with van der Waals surface area (Å²) >= 11 is 0. The maximum absolute atomic E-state index is 9.91. The van der Waals surface area contributed by atoms with Gasteiger partial charge in [0.2, 0.25) is 0 Å². The first kappa shape index (κ1) is 11.5. The molecule has 96 valence electrons. The molecule has 3 N–H and O–H groups in total. The molecule has 1 fully saturated rings. The van der Waals surface area contributed by atoms with Gasteiger partial charge in [0.05, 0.1) is 19.1 Å². The van der Waals surface area contributed by atoms with Crippen LogP contribution in [0.4, 0.5) is 0 Å². The molecule has 0 saturated carbocycles. The normalized spacial score (nSPS) is 32.8. The molecule has 1 saturated heterocycles. The number of aliphatic hydroxyl groups is 3. The second-order valence-electron chi connectivity index (χ2n) is 4.16. The molecule has 0 radical (unpaired) electrons. The van der Waals surface area contributed by atoms with Crippen molar-refractivity contribution in [2.24, 2.45) is 0 Å². The van der Waals surface area contributed by atoms with E-state index in [1.807, 2.05) is 0 Å². The highest BCUT2D eigenvalue weighted by Crippen LogP contribution is 2.26. The first-order valence-electron chi connectivity index (χ1n) is 5.47. The van der Waals surface area contributed by atoms with Crippen LogP contribution < -0.4 is 0 Å². The van der Waals surface area contributed by atoms with Gasteiger partial charge in [0.1, 0.15) is 30.2 Å². The Balaban J connectivity index is 1.99. The van der Waals surface area contributed by atoms with E-state index in [0.29, 0.717) is 11.2 Å². The third-order valence-corrected chi connectivity index (χ3v) is 2.99. The van der Waals surface area contributed by atoms with E-state index in [4.69, 9.17) is 4.74 Å². The van der Waals surface area contributed by atoms with Crippen LogP contribution in [-0.4, -0.2) is 59.8 Å². The van der Waals surface area contributed by atoms with Crippen molar-refractivity contribution in [3.8, 4) is 0 Å². The predicted octanol–water partition coefficient (Wildman–Crippen LogP) is -1.56. The van der Waals surface area contributed by atoms with Crippen LogP contribution in [0.25, 0.3) is 11.2 Å². The molecule has 0 bridgehead atoms. The predicted molar refractivity (Wildman–Crippen MR) is 58.3 cm³/mol. The van der Waals surface area contributed by atoms with Crippen molar-refractivity contribution >= 4 is 11.2 Å². The maximum atomic E-state index is 9.91. The minimum Gasteiger partial charge on any atom is -0.388 e. The molecule has 0 unspecified atom stereocenters. The summed E-state index contributed by atoms with van der Waals surface area (Å²) in [6.07, 6.45) is -0.0778. The summed E-state index contributed by atoms with van der Waals surface area (Å²) in [6, 6.07) is 0. The molecule has 2 aromatic rings. The topological polar surface area (TPSA) is 114 Å². The van der Waals surface area contributed by atoms with Crippen LogP contribution in [0, 0.1) is 0 Å². The van der Waals surface area contributed by atoms with Crippen molar-refractivity contribution in [1.82, 2.24) is 19.5 Å². The van der Waals surface area contributed by atoms with Crippen LogP contribution in [0.3, 0.4) is 0 Å². The van der Waals surface area contributed by atoms with Gasteiger partial charge in [-0.1, -0.05) is 0 Å². The van der Waals surface area contributed by atoms with Gasteiger partial charge in [0.25, 0.3) is 0 Å². The van der Waals surface area contributed by atoms with Crippen molar-refractivity contribution in [2.45, 2.75) is 24.5 Å². The van der Waals surface area contributed by atoms with Crippen LogP contribution >= 0.6 is 0 Å². The van der Waals surface area contributed by atoms with Crippen LogP contribution in [0.1, 0.15) is 6.23 Å². The number of hydrogen-bond acceptors (Lipinski definition) is 7. The number of imidazole rings is 1. The highest BCUT2D eigenvalue weighted by atomic mass is 16.5. The molecular formula is C10H12N4O4. The van der Waals surface area contributed by atoms with Crippen molar-refractivity contribution in [2.75, 3.05) is 6.61 Å². The Morgan fingerprint density at radius 2 is 2.06 bits per heavy atom. The Morgan fingerprint density at radius 3 is 2.89 bits per heavy atom. The SMILES string of the molecule is O[C@@H]1[C@H](O)[C@H](O)CO[C@H]1n1cnc2cncnc21. The summed E-state index contributed by atoms with van der Waals surface area (Å²) in [4.78, 5) is 12.0. The number of rotatable bonds is 1. The van der Waals surface area contributed by atoms with Crippen LogP contribution in [0.2, 0.25) is 0 Å². The summed E-state index contributed by atoms with van der Waals surface area (Å²) < 4.78 is 6.84. The van der Waals surface area contributed by atoms with Crippen LogP contribution in [-0.2, 0) is 4.74 Å². The van der Waals surface area contributed by atoms with E-state index in [1.54, 1.807) is 6.20 Å². The van der Waals surface area contributed by atoms with E-state index in [2.05, 4.69) is 15.0 Å². The largest absolute Gasteiger partial charge is 0.388 e. The Kier molecular flexibility index (Phi) is 2.71. The van der Waals surface area contributed by atoms with Gasteiger partial charge in [-0.2, -0.15) is 0 Å². The van der Waals surface area contributed by atoms with Crippen LogP contribution in [0.5, 0.6) is 0 Å². The third kappa shape index (κ3) is 1.66. The number of ether oxygens (including phenoxy) is 1. The van der Waals surface area contributed by atoms with Gasteiger partial charge in [-0.05, 0) is 0 Å². The molecule has 1 aliphatic heterocycles. The molecule has 0 spiro atoms.